The van der Waals surface area contributed by atoms with Gasteiger partial charge in [-0.1, -0.05) is 13.8 Å². The van der Waals surface area contributed by atoms with E-state index in [2.05, 4.69) is 10.1 Å². The Morgan fingerprint density at radius 3 is 2.69 bits per heavy atom. The van der Waals surface area contributed by atoms with E-state index in [9.17, 15) is 9.59 Å². The third kappa shape index (κ3) is 1.82. The molecule has 0 saturated carbocycles. The molecule has 4 heteroatoms. The van der Waals surface area contributed by atoms with Gasteiger partial charge in [-0.25, -0.2) is 0 Å². The summed E-state index contributed by atoms with van der Waals surface area (Å²) in [6.45, 7) is 4.58. The van der Waals surface area contributed by atoms with E-state index in [1.165, 1.54) is 7.11 Å². The van der Waals surface area contributed by atoms with Gasteiger partial charge in [-0.3, -0.25) is 9.59 Å². The standard InChI is InChI=1S/C9H15NO3/c1-5(2)6-4-10-8(11)7(6)9(12)13-3/h5-7H,4H2,1-3H3,(H,10,11)/t6-,7+/m1/s1. The molecule has 0 aromatic rings. The second-order valence-electron chi connectivity index (χ2n) is 3.65. The summed E-state index contributed by atoms with van der Waals surface area (Å²) in [6.07, 6.45) is 0. The van der Waals surface area contributed by atoms with E-state index in [4.69, 9.17) is 0 Å². The summed E-state index contributed by atoms with van der Waals surface area (Å²) in [7, 11) is 1.31. The summed E-state index contributed by atoms with van der Waals surface area (Å²) < 4.78 is 4.59. The summed E-state index contributed by atoms with van der Waals surface area (Å²) in [6, 6.07) is 0. The molecule has 0 aromatic carbocycles. The van der Waals surface area contributed by atoms with E-state index < -0.39 is 11.9 Å². The minimum Gasteiger partial charge on any atom is -0.468 e. The van der Waals surface area contributed by atoms with Crippen LogP contribution >= 0.6 is 0 Å². The zero-order valence-corrected chi connectivity index (χ0v) is 8.16. The largest absolute Gasteiger partial charge is 0.468 e. The number of hydrogen-bond donors (Lipinski definition) is 1. The molecule has 0 unspecified atom stereocenters. The summed E-state index contributed by atoms with van der Waals surface area (Å²) in [5, 5.41) is 2.68. The number of rotatable bonds is 2. The fourth-order valence-electron chi connectivity index (χ4n) is 1.67. The third-order valence-electron chi connectivity index (χ3n) is 2.53. The maximum Gasteiger partial charge on any atom is 0.318 e. The van der Waals surface area contributed by atoms with Crippen LogP contribution < -0.4 is 5.32 Å². The summed E-state index contributed by atoms with van der Waals surface area (Å²) in [5.74, 6) is -0.854. The van der Waals surface area contributed by atoms with Gasteiger partial charge in [-0.05, 0) is 5.92 Å². The first-order valence-corrected chi connectivity index (χ1v) is 4.43. The van der Waals surface area contributed by atoms with Gasteiger partial charge in [0, 0.05) is 12.5 Å². The van der Waals surface area contributed by atoms with E-state index in [0.717, 1.165) is 0 Å². The van der Waals surface area contributed by atoms with Gasteiger partial charge >= 0.3 is 5.97 Å². The highest BCUT2D eigenvalue weighted by atomic mass is 16.5. The number of ether oxygens (including phenoxy) is 1. The number of hydrogen-bond acceptors (Lipinski definition) is 3. The van der Waals surface area contributed by atoms with Crippen LogP contribution in [-0.2, 0) is 14.3 Å². The van der Waals surface area contributed by atoms with Crippen LogP contribution in [0.25, 0.3) is 0 Å². The Hall–Kier alpha value is -1.06. The molecule has 1 aliphatic rings. The quantitative estimate of drug-likeness (QED) is 0.493. The van der Waals surface area contributed by atoms with Gasteiger partial charge < -0.3 is 10.1 Å². The average molecular weight is 185 g/mol. The Morgan fingerprint density at radius 1 is 1.62 bits per heavy atom. The van der Waals surface area contributed by atoms with Crippen LogP contribution in [0.2, 0.25) is 0 Å². The Kier molecular flexibility index (Phi) is 2.90. The van der Waals surface area contributed by atoms with Crippen molar-refractivity contribution < 1.29 is 14.3 Å². The predicted molar refractivity (Wildman–Crippen MR) is 46.8 cm³/mol. The molecular formula is C9H15NO3. The highest BCUT2D eigenvalue weighted by Crippen LogP contribution is 2.26. The van der Waals surface area contributed by atoms with Gasteiger partial charge in [0.05, 0.1) is 7.11 Å². The maximum absolute atomic E-state index is 11.3. The Labute approximate surface area is 77.6 Å². The van der Waals surface area contributed by atoms with Gasteiger partial charge in [0.2, 0.25) is 5.91 Å². The SMILES string of the molecule is COC(=O)[C@@H]1C(=O)NC[C@@H]1C(C)C. The van der Waals surface area contributed by atoms with Crippen LogP contribution in [0.5, 0.6) is 0 Å². The molecule has 1 heterocycles. The van der Waals surface area contributed by atoms with Gasteiger partial charge in [-0.2, -0.15) is 0 Å². The number of nitrogens with one attached hydrogen (secondary N) is 1. The van der Waals surface area contributed by atoms with Crippen LogP contribution in [0.1, 0.15) is 13.8 Å². The molecule has 0 aliphatic carbocycles. The molecule has 0 aromatic heterocycles. The Morgan fingerprint density at radius 2 is 2.23 bits per heavy atom. The molecule has 1 N–H and O–H groups in total. The van der Waals surface area contributed by atoms with Crippen LogP contribution in [0, 0.1) is 17.8 Å². The first-order chi connectivity index (χ1) is 6.07. The van der Waals surface area contributed by atoms with Gasteiger partial charge in [-0.15, -0.1) is 0 Å². The molecule has 0 radical (unpaired) electrons. The van der Waals surface area contributed by atoms with E-state index in [1.807, 2.05) is 13.8 Å². The lowest BCUT2D eigenvalue weighted by Gasteiger charge is -2.17. The van der Waals surface area contributed by atoms with Crippen molar-refractivity contribution in [3.05, 3.63) is 0 Å². The second-order valence-corrected chi connectivity index (χ2v) is 3.65. The van der Waals surface area contributed by atoms with Gasteiger partial charge in [0.1, 0.15) is 5.92 Å². The number of carbonyl (C=O) groups excluding carboxylic acids is 2. The normalized spacial score (nSPS) is 27.5. The third-order valence-corrected chi connectivity index (χ3v) is 2.53. The Balaban J connectivity index is 2.77. The molecule has 1 amide bonds. The number of carbonyl (C=O) groups is 2. The lowest BCUT2D eigenvalue weighted by molar-refractivity contribution is -0.150. The molecule has 1 aliphatic heterocycles. The lowest BCUT2D eigenvalue weighted by Crippen LogP contribution is -2.30. The number of methoxy groups -OCH3 is 1. The monoisotopic (exact) mass is 185 g/mol. The minimum absolute atomic E-state index is 0.0694. The molecule has 0 spiro atoms. The highest BCUT2D eigenvalue weighted by molar-refractivity contribution is 5.99. The molecule has 2 atom stereocenters. The zero-order valence-electron chi connectivity index (χ0n) is 8.16. The van der Waals surface area contributed by atoms with Crippen LogP contribution in [-0.4, -0.2) is 25.5 Å². The van der Waals surface area contributed by atoms with E-state index in [-0.39, 0.29) is 11.8 Å². The predicted octanol–water partition coefficient (Wildman–Crippen LogP) is 0.178. The van der Waals surface area contributed by atoms with Crippen molar-refractivity contribution in [3.8, 4) is 0 Å². The van der Waals surface area contributed by atoms with Crippen molar-refractivity contribution >= 4 is 11.9 Å². The van der Waals surface area contributed by atoms with E-state index in [1.54, 1.807) is 0 Å². The highest BCUT2D eigenvalue weighted by Gasteiger charge is 2.42. The molecule has 4 nitrogen and oxygen atoms in total. The Bertz CT molecular complexity index is 225. The summed E-state index contributed by atoms with van der Waals surface area (Å²) in [4.78, 5) is 22.5. The minimum atomic E-state index is -0.606. The van der Waals surface area contributed by atoms with E-state index in [0.29, 0.717) is 12.5 Å². The number of esters is 1. The van der Waals surface area contributed by atoms with Crippen molar-refractivity contribution in [1.29, 1.82) is 0 Å². The average Bonchev–Trinajstić information content (AvgIpc) is 2.46. The van der Waals surface area contributed by atoms with Crippen molar-refractivity contribution in [3.63, 3.8) is 0 Å². The fraction of sp³-hybridized carbons (Fsp3) is 0.778. The van der Waals surface area contributed by atoms with Crippen LogP contribution in [0.4, 0.5) is 0 Å². The first-order valence-electron chi connectivity index (χ1n) is 4.43. The van der Waals surface area contributed by atoms with Gasteiger partial charge in [0.15, 0.2) is 0 Å². The molecule has 74 valence electrons. The van der Waals surface area contributed by atoms with Crippen molar-refractivity contribution in [1.82, 2.24) is 5.32 Å². The fourth-order valence-corrected chi connectivity index (χ4v) is 1.67. The van der Waals surface area contributed by atoms with E-state index >= 15 is 0 Å². The smallest absolute Gasteiger partial charge is 0.318 e. The molecule has 1 fully saturated rings. The van der Waals surface area contributed by atoms with Crippen molar-refractivity contribution in [2.75, 3.05) is 13.7 Å². The maximum atomic E-state index is 11.3. The second kappa shape index (κ2) is 3.77. The summed E-state index contributed by atoms with van der Waals surface area (Å²) in [5.41, 5.74) is 0. The molecule has 1 saturated heterocycles. The zero-order chi connectivity index (χ0) is 10.0. The van der Waals surface area contributed by atoms with Crippen LogP contribution in [0.15, 0.2) is 0 Å². The number of amides is 1. The van der Waals surface area contributed by atoms with Crippen LogP contribution in [0.3, 0.4) is 0 Å². The first kappa shape index (κ1) is 10.0. The molecule has 1 rings (SSSR count). The molecular weight excluding hydrogens is 170 g/mol. The molecule has 13 heavy (non-hydrogen) atoms. The van der Waals surface area contributed by atoms with Crippen molar-refractivity contribution in [2.45, 2.75) is 13.8 Å². The topological polar surface area (TPSA) is 55.4 Å². The summed E-state index contributed by atoms with van der Waals surface area (Å²) >= 11 is 0. The molecule has 0 bridgehead atoms. The lowest BCUT2D eigenvalue weighted by atomic mass is 9.86. The van der Waals surface area contributed by atoms with Gasteiger partial charge in [0.25, 0.3) is 0 Å². The van der Waals surface area contributed by atoms with Crippen molar-refractivity contribution in [2.24, 2.45) is 17.8 Å².